The van der Waals surface area contributed by atoms with E-state index >= 15 is 0 Å². The maximum atomic E-state index is 6.19. The molecule has 106 valence electrons. The zero-order chi connectivity index (χ0) is 13.5. The topological polar surface area (TPSA) is 30.5 Å². The number of hydrogen-bond acceptors (Lipinski definition) is 3. The van der Waals surface area contributed by atoms with Gasteiger partial charge in [-0.15, -0.1) is 0 Å². The van der Waals surface area contributed by atoms with E-state index in [9.17, 15) is 0 Å². The minimum Gasteiger partial charge on any atom is -0.466 e. The first-order valence-electron chi connectivity index (χ1n) is 7.00. The molecule has 0 amide bonds. The molecule has 0 aromatic heterocycles. The summed E-state index contributed by atoms with van der Waals surface area (Å²) in [5, 5.41) is 4.00. The predicted molar refractivity (Wildman–Crippen MR) is 77.6 cm³/mol. The molecule has 1 N–H and O–H groups in total. The number of halogens is 1. The molecule has 3 nitrogen and oxygen atoms in total. The van der Waals surface area contributed by atoms with Gasteiger partial charge < -0.3 is 14.8 Å². The lowest BCUT2D eigenvalue weighted by atomic mass is 10.2. The molecule has 1 fully saturated rings. The van der Waals surface area contributed by atoms with Gasteiger partial charge in [-0.2, -0.15) is 0 Å². The molecule has 1 aromatic carbocycles. The Kier molecular flexibility index (Phi) is 5.95. The van der Waals surface area contributed by atoms with E-state index in [1.807, 2.05) is 18.2 Å². The SMILES string of the molecule is CCCNCc1cccc(Cl)c1OCOCC1CC1. The van der Waals surface area contributed by atoms with Gasteiger partial charge in [-0.1, -0.05) is 30.7 Å². The van der Waals surface area contributed by atoms with Crippen molar-refractivity contribution in [1.29, 1.82) is 0 Å². The molecular formula is C15H22ClNO2. The third-order valence-electron chi connectivity index (χ3n) is 3.13. The Morgan fingerprint density at radius 3 is 2.95 bits per heavy atom. The van der Waals surface area contributed by atoms with Crippen molar-refractivity contribution in [2.45, 2.75) is 32.7 Å². The van der Waals surface area contributed by atoms with Gasteiger partial charge in [-0.25, -0.2) is 0 Å². The summed E-state index contributed by atoms with van der Waals surface area (Å²) in [5.74, 6) is 1.49. The smallest absolute Gasteiger partial charge is 0.189 e. The Balaban J connectivity index is 1.84. The highest BCUT2D eigenvalue weighted by atomic mass is 35.5. The van der Waals surface area contributed by atoms with Crippen LogP contribution >= 0.6 is 11.6 Å². The van der Waals surface area contributed by atoms with E-state index in [1.165, 1.54) is 12.8 Å². The van der Waals surface area contributed by atoms with Crippen molar-refractivity contribution < 1.29 is 9.47 Å². The van der Waals surface area contributed by atoms with Crippen molar-refractivity contribution in [3.63, 3.8) is 0 Å². The van der Waals surface area contributed by atoms with Crippen LogP contribution in [0.25, 0.3) is 0 Å². The molecule has 1 aliphatic rings. The van der Waals surface area contributed by atoms with Crippen molar-refractivity contribution in [1.82, 2.24) is 5.32 Å². The maximum Gasteiger partial charge on any atom is 0.189 e. The quantitative estimate of drug-likeness (QED) is 0.555. The van der Waals surface area contributed by atoms with Crippen LogP contribution in [0, 0.1) is 5.92 Å². The molecule has 0 heterocycles. The zero-order valence-electron chi connectivity index (χ0n) is 11.5. The van der Waals surface area contributed by atoms with E-state index in [-0.39, 0.29) is 6.79 Å². The molecule has 2 rings (SSSR count). The summed E-state index contributed by atoms with van der Waals surface area (Å²) in [4.78, 5) is 0. The van der Waals surface area contributed by atoms with Crippen LogP contribution in [0.2, 0.25) is 5.02 Å². The maximum absolute atomic E-state index is 6.19. The monoisotopic (exact) mass is 283 g/mol. The third kappa shape index (κ3) is 5.01. The molecule has 4 heteroatoms. The summed E-state index contributed by atoms with van der Waals surface area (Å²) in [7, 11) is 0. The fraction of sp³-hybridized carbons (Fsp3) is 0.600. The fourth-order valence-corrected chi connectivity index (χ4v) is 2.10. The van der Waals surface area contributed by atoms with Crippen LogP contribution in [0.15, 0.2) is 18.2 Å². The van der Waals surface area contributed by atoms with Crippen molar-refractivity contribution >= 4 is 11.6 Å². The minimum absolute atomic E-state index is 0.279. The highest BCUT2D eigenvalue weighted by Gasteiger charge is 2.21. The normalized spacial score (nSPS) is 14.6. The third-order valence-corrected chi connectivity index (χ3v) is 3.43. The first kappa shape index (κ1) is 14.6. The van der Waals surface area contributed by atoms with Gasteiger partial charge in [0, 0.05) is 12.1 Å². The summed E-state index contributed by atoms with van der Waals surface area (Å²) in [5.41, 5.74) is 1.08. The number of rotatable bonds is 9. The van der Waals surface area contributed by atoms with Gasteiger partial charge in [0.25, 0.3) is 0 Å². The average molecular weight is 284 g/mol. The number of hydrogen-bond donors (Lipinski definition) is 1. The van der Waals surface area contributed by atoms with Crippen LogP contribution in [0.1, 0.15) is 31.7 Å². The van der Waals surface area contributed by atoms with E-state index in [0.717, 1.165) is 43.3 Å². The summed E-state index contributed by atoms with van der Waals surface area (Å²) in [6.07, 6.45) is 3.69. The van der Waals surface area contributed by atoms with Gasteiger partial charge in [0.05, 0.1) is 11.6 Å². The number of ether oxygens (including phenoxy) is 2. The molecule has 0 saturated heterocycles. The standard InChI is InChI=1S/C15H22ClNO2/c1-2-8-17-9-13-4-3-5-14(16)15(13)19-11-18-10-12-6-7-12/h3-5,12,17H,2,6-11H2,1H3. The second-order valence-corrected chi connectivity index (χ2v) is 5.39. The number of benzene rings is 1. The molecule has 0 unspecified atom stereocenters. The van der Waals surface area contributed by atoms with Crippen LogP contribution in [0.5, 0.6) is 5.75 Å². The summed E-state index contributed by atoms with van der Waals surface area (Å²) in [6, 6.07) is 5.83. The Labute approximate surface area is 120 Å². The Bertz CT molecular complexity index is 394. The summed E-state index contributed by atoms with van der Waals surface area (Å²) < 4.78 is 11.2. The summed E-state index contributed by atoms with van der Waals surface area (Å²) >= 11 is 6.19. The molecular weight excluding hydrogens is 262 g/mol. The van der Waals surface area contributed by atoms with E-state index in [0.29, 0.717) is 5.02 Å². The number of para-hydroxylation sites is 1. The molecule has 1 saturated carbocycles. The highest BCUT2D eigenvalue weighted by Crippen LogP contribution is 2.30. The van der Waals surface area contributed by atoms with E-state index in [2.05, 4.69) is 12.2 Å². The van der Waals surface area contributed by atoms with Crippen molar-refractivity contribution in [3.8, 4) is 5.75 Å². The Morgan fingerprint density at radius 1 is 1.37 bits per heavy atom. The highest BCUT2D eigenvalue weighted by molar-refractivity contribution is 6.32. The van der Waals surface area contributed by atoms with Crippen molar-refractivity contribution in [2.24, 2.45) is 5.92 Å². The molecule has 0 bridgehead atoms. The van der Waals surface area contributed by atoms with E-state index < -0.39 is 0 Å². The largest absolute Gasteiger partial charge is 0.466 e. The van der Waals surface area contributed by atoms with Crippen LogP contribution < -0.4 is 10.1 Å². The first-order chi connectivity index (χ1) is 9.31. The van der Waals surface area contributed by atoms with Gasteiger partial charge >= 0.3 is 0 Å². The lowest BCUT2D eigenvalue weighted by Crippen LogP contribution is -2.15. The Morgan fingerprint density at radius 2 is 2.21 bits per heavy atom. The van der Waals surface area contributed by atoms with E-state index in [4.69, 9.17) is 21.1 Å². The van der Waals surface area contributed by atoms with Crippen molar-refractivity contribution in [2.75, 3.05) is 19.9 Å². The first-order valence-corrected chi connectivity index (χ1v) is 7.37. The lowest BCUT2D eigenvalue weighted by molar-refractivity contribution is 0.00947. The van der Waals surface area contributed by atoms with E-state index in [1.54, 1.807) is 0 Å². The van der Waals surface area contributed by atoms with Gasteiger partial charge in [0.2, 0.25) is 0 Å². The molecule has 0 spiro atoms. The van der Waals surface area contributed by atoms with Gasteiger partial charge in [0.15, 0.2) is 6.79 Å². The second kappa shape index (κ2) is 7.73. The lowest BCUT2D eigenvalue weighted by Gasteiger charge is -2.13. The Hall–Kier alpha value is -0.770. The van der Waals surface area contributed by atoms with Gasteiger partial charge in [-0.3, -0.25) is 0 Å². The molecule has 0 radical (unpaired) electrons. The molecule has 0 atom stereocenters. The number of nitrogens with one attached hydrogen (secondary N) is 1. The fourth-order valence-electron chi connectivity index (χ4n) is 1.85. The van der Waals surface area contributed by atoms with Crippen molar-refractivity contribution in [3.05, 3.63) is 28.8 Å². The molecule has 1 aromatic rings. The summed E-state index contributed by atoms with van der Waals surface area (Å²) in [6.45, 7) is 4.99. The van der Waals surface area contributed by atoms with Crippen LogP contribution in [0.3, 0.4) is 0 Å². The second-order valence-electron chi connectivity index (χ2n) is 4.98. The van der Waals surface area contributed by atoms with Crippen LogP contribution in [-0.2, 0) is 11.3 Å². The van der Waals surface area contributed by atoms with Gasteiger partial charge in [-0.05, 0) is 37.8 Å². The average Bonchev–Trinajstić information content (AvgIpc) is 3.21. The predicted octanol–water partition coefficient (Wildman–Crippen LogP) is 3.60. The van der Waals surface area contributed by atoms with Crippen LogP contribution in [0.4, 0.5) is 0 Å². The molecule has 1 aliphatic carbocycles. The zero-order valence-corrected chi connectivity index (χ0v) is 12.2. The van der Waals surface area contributed by atoms with Crippen LogP contribution in [-0.4, -0.2) is 19.9 Å². The minimum atomic E-state index is 0.279. The van der Waals surface area contributed by atoms with Gasteiger partial charge in [0.1, 0.15) is 5.75 Å². The molecule has 19 heavy (non-hydrogen) atoms. The molecule has 0 aliphatic heterocycles.